The molecule has 22 heavy (non-hydrogen) atoms. The van der Waals surface area contributed by atoms with Gasteiger partial charge in [-0.25, -0.2) is 4.98 Å². The molecule has 0 aliphatic rings. The number of nitrogens with two attached hydrogens (primary N) is 1. The number of nitrogens with zero attached hydrogens (tertiary/aromatic N) is 5. The van der Waals surface area contributed by atoms with Crippen molar-refractivity contribution in [2.45, 2.75) is 20.3 Å². The Bertz CT molecular complexity index is 879. The number of amidine groups is 1. The first-order chi connectivity index (χ1) is 10.5. The fourth-order valence-corrected chi connectivity index (χ4v) is 2.42. The minimum atomic E-state index is 0.0141. The van der Waals surface area contributed by atoms with Gasteiger partial charge >= 0.3 is 0 Å². The van der Waals surface area contributed by atoms with E-state index in [0.717, 1.165) is 40.4 Å². The van der Waals surface area contributed by atoms with Crippen molar-refractivity contribution in [3.63, 3.8) is 0 Å². The van der Waals surface area contributed by atoms with Crippen LogP contribution in [0.4, 0.5) is 0 Å². The van der Waals surface area contributed by atoms with Crippen LogP contribution in [-0.4, -0.2) is 30.6 Å². The van der Waals surface area contributed by atoms with Gasteiger partial charge in [-0.15, -0.1) is 5.10 Å². The van der Waals surface area contributed by atoms with E-state index in [9.17, 15) is 0 Å². The molecule has 3 aromatic rings. The third-order valence-corrected chi connectivity index (χ3v) is 3.61. The standard InChI is InChI=1S/C15H17N7/c1-4-9-6-10(13(16)17)7-18-12(9)15-19-11-5-8(2)20-21-14(11)22(15)3/h5-7H,4H2,1-3H3,(H3,16,17). The van der Waals surface area contributed by atoms with Crippen LogP contribution < -0.4 is 5.73 Å². The van der Waals surface area contributed by atoms with Gasteiger partial charge in [0, 0.05) is 18.8 Å². The molecule has 7 nitrogen and oxygen atoms in total. The lowest BCUT2D eigenvalue weighted by Gasteiger charge is -2.08. The average molecular weight is 295 g/mol. The van der Waals surface area contributed by atoms with Gasteiger partial charge in [0.25, 0.3) is 0 Å². The maximum Gasteiger partial charge on any atom is 0.182 e. The monoisotopic (exact) mass is 295 g/mol. The number of hydrogen-bond donors (Lipinski definition) is 2. The van der Waals surface area contributed by atoms with Crippen molar-refractivity contribution in [2.24, 2.45) is 12.8 Å². The number of nitrogen functional groups attached to an aromatic ring is 1. The Morgan fingerprint density at radius 1 is 1.32 bits per heavy atom. The molecule has 3 heterocycles. The summed E-state index contributed by atoms with van der Waals surface area (Å²) in [5.41, 5.74) is 10.3. The maximum atomic E-state index is 7.53. The number of nitrogens with one attached hydrogen (secondary N) is 1. The summed E-state index contributed by atoms with van der Waals surface area (Å²) in [6, 6.07) is 3.79. The lowest BCUT2D eigenvalue weighted by Crippen LogP contribution is -2.12. The van der Waals surface area contributed by atoms with Gasteiger partial charge in [-0.1, -0.05) is 6.92 Å². The van der Waals surface area contributed by atoms with Gasteiger partial charge in [0.1, 0.15) is 17.0 Å². The van der Waals surface area contributed by atoms with Crippen molar-refractivity contribution in [2.75, 3.05) is 0 Å². The predicted octanol–water partition coefficient (Wildman–Crippen LogP) is 1.58. The summed E-state index contributed by atoms with van der Waals surface area (Å²) in [6.45, 7) is 3.93. The smallest absolute Gasteiger partial charge is 0.182 e. The first-order valence-electron chi connectivity index (χ1n) is 7.01. The zero-order chi connectivity index (χ0) is 15.9. The number of pyridine rings is 1. The van der Waals surface area contributed by atoms with E-state index < -0.39 is 0 Å². The van der Waals surface area contributed by atoms with E-state index in [1.165, 1.54) is 0 Å². The summed E-state index contributed by atoms with van der Waals surface area (Å²) in [7, 11) is 1.90. The molecule has 3 rings (SSSR count). The van der Waals surface area contributed by atoms with Crippen LogP contribution in [0.1, 0.15) is 23.7 Å². The highest BCUT2D eigenvalue weighted by Crippen LogP contribution is 2.24. The lowest BCUT2D eigenvalue weighted by atomic mass is 10.1. The van der Waals surface area contributed by atoms with E-state index in [1.54, 1.807) is 6.20 Å². The van der Waals surface area contributed by atoms with Crippen LogP contribution in [0, 0.1) is 12.3 Å². The summed E-state index contributed by atoms with van der Waals surface area (Å²) in [5, 5.41) is 15.8. The van der Waals surface area contributed by atoms with E-state index in [4.69, 9.17) is 11.1 Å². The first kappa shape index (κ1) is 14.1. The van der Waals surface area contributed by atoms with Crippen LogP contribution in [0.5, 0.6) is 0 Å². The van der Waals surface area contributed by atoms with Gasteiger partial charge in [-0.3, -0.25) is 10.4 Å². The van der Waals surface area contributed by atoms with Crippen LogP contribution in [0.25, 0.3) is 22.7 Å². The van der Waals surface area contributed by atoms with Crippen molar-refractivity contribution in [3.8, 4) is 11.5 Å². The highest BCUT2D eigenvalue weighted by Gasteiger charge is 2.16. The van der Waals surface area contributed by atoms with E-state index >= 15 is 0 Å². The number of fused-ring (bicyclic) bond motifs is 1. The van der Waals surface area contributed by atoms with Crippen LogP contribution in [-0.2, 0) is 13.5 Å². The molecule has 0 spiro atoms. The van der Waals surface area contributed by atoms with Crippen LogP contribution in [0.3, 0.4) is 0 Å². The summed E-state index contributed by atoms with van der Waals surface area (Å²) in [5.74, 6) is 0.752. The normalized spacial score (nSPS) is 11.0. The quantitative estimate of drug-likeness (QED) is 0.563. The Morgan fingerprint density at radius 2 is 2.09 bits per heavy atom. The Labute approximate surface area is 127 Å². The molecule has 3 N–H and O–H groups in total. The molecule has 0 atom stereocenters. The second kappa shape index (κ2) is 5.18. The zero-order valence-electron chi connectivity index (χ0n) is 12.8. The van der Waals surface area contributed by atoms with Crippen LogP contribution in [0.2, 0.25) is 0 Å². The Hall–Kier alpha value is -2.83. The van der Waals surface area contributed by atoms with E-state index in [-0.39, 0.29) is 5.84 Å². The number of aryl methyl sites for hydroxylation is 3. The van der Waals surface area contributed by atoms with Crippen molar-refractivity contribution in [1.82, 2.24) is 24.7 Å². The molecule has 0 aromatic carbocycles. The van der Waals surface area contributed by atoms with Crippen molar-refractivity contribution in [3.05, 3.63) is 35.2 Å². The third-order valence-electron chi connectivity index (χ3n) is 3.61. The average Bonchev–Trinajstić information content (AvgIpc) is 2.82. The van der Waals surface area contributed by atoms with E-state index in [1.807, 2.05) is 37.6 Å². The molecule has 3 aromatic heterocycles. The minimum Gasteiger partial charge on any atom is -0.384 e. The van der Waals surface area contributed by atoms with Gasteiger partial charge in [-0.2, -0.15) is 5.10 Å². The molecule has 112 valence electrons. The van der Waals surface area contributed by atoms with E-state index in [2.05, 4.69) is 20.2 Å². The largest absolute Gasteiger partial charge is 0.384 e. The predicted molar refractivity (Wildman–Crippen MR) is 84.7 cm³/mol. The topological polar surface area (TPSA) is 106 Å². The summed E-state index contributed by atoms with van der Waals surface area (Å²) < 4.78 is 1.89. The number of imidazole rings is 1. The maximum absolute atomic E-state index is 7.53. The van der Waals surface area contributed by atoms with Crippen molar-refractivity contribution in [1.29, 1.82) is 5.41 Å². The number of hydrogen-bond acceptors (Lipinski definition) is 5. The Kier molecular flexibility index (Phi) is 3.32. The van der Waals surface area contributed by atoms with Gasteiger partial charge < -0.3 is 10.3 Å². The van der Waals surface area contributed by atoms with Gasteiger partial charge in [-0.05, 0) is 31.0 Å². The molecule has 0 radical (unpaired) electrons. The molecule has 0 fully saturated rings. The summed E-state index contributed by atoms with van der Waals surface area (Å²) in [4.78, 5) is 9.11. The highest BCUT2D eigenvalue weighted by atomic mass is 15.2. The molecule has 0 unspecified atom stereocenters. The second-order valence-electron chi connectivity index (χ2n) is 5.19. The minimum absolute atomic E-state index is 0.0141. The Morgan fingerprint density at radius 3 is 2.77 bits per heavy atom. The SMILES string of the molecule is CCc1cc(C(=N)N)cnc1-c1nc2cc(C)nnc2n1C. The van der Waals surface area contributed by atoms with Gasteiger partial charge in [0.15, 0.2) is 11.5 Å². The highest BCUT2D eigenvalue weighted by molar-refractivity contribution is 5.95. The zero-order valence-corrected chi connectivity index (χ0v) is 12.8. The summed E-state index contributed by atoms with van der Waals surface area (Å²) in [6.07, 6.45) is 2.38. The summed E-state index contributed by atoms with van der Waals surface area (Å²) >= 11 is 0. The first-order valence-corrected chi connectivity index (χ1v) is 7.01. The van der Waals surface area contributed by atoms with E-state index in [0.29, 0.717) is 5.56 Å². The molecule has 0 bridgehead atoms. The molecule has 0 saturated carbocycles. The molecular weight excluding hydrogens is 278 g/mol. The van der Waals surface area contributed by atoms with Gasteiger partial charge in [0.05, 0.1) is 5.69 Å². The van der Waals surface area contributed by atoms with Crippen LogP contribution in [0.15, 0.2) is 18.3 Å². The molecule has 0 aliphatic heterocycles. The molecule has 0 saturated heterocycles. The Balaban J connectivity index is 2.22. The molecule has 7 heteroatoms. The molecule has 0 amide bonds. The number of rotatable bonds is 3. The fourth-order valence-electron chi connectivity index (χ4n) is 2.42. The number of aromatic nitrogens is 5. The van der Waals surface area contributed by atoms with Crippen molar-refractivity contribution >= 4 is 17.0 Å². The third kappa shape index (κ3) is 2.20. The second-order valence-corrected chi connectivity index (χ2v) is 5.19. The van der Waals surface area contributed by atoms with Crippen LogP contribution >= 0.6 is 0 Å². The van der Waals surface area contributed by atoms with Crippen molar-refractivity contribution < 1.29 is 0 Å². The van der Waals surface area contributed by atoms with Gasteiger partial charge in [0.2, 0.25) is 0 Å². The molecular formula is C15H17N7. The lowest BCUT2D eigenvalue weighted by molar-refractivity contribution is 0.898. The molecule has 0 aliphatic carbocycles. The fraction of sp³-hybridized carbons (Fsp3) is 0.267.